The maximum Gasteiger partial charge on any atom is 0.273 e. The van der Waals surface area contributed by atoms with E-state index in [1.807, 2.05) is 31.2 Å². The van der Waals surface area contributed by atoms with Crippen molar-refractivity contribution in [3.05, 3.63) is 46.5 Å². The molecule has 0 bridgehead atoms. The van der Waals surface area contributed by atoms with Gasteiger partial charge in [-0.2, -0.15) is 4.98 Å². The van der Waals surface area contributed by atoms with Gasteiger partial charge < -0.3 is 15.5 Å². The number of aryl methyl sites for hydroxylation is 1. The SMILES string of the molecule is Cc1ccc(NC(=O)Cn2cnc3nc(N4CCCC(C(=O)NC5CC5)C4)sc3c2=O)cc1. The van der Waals surface area contributed by atoms with Crippen LogP contribution in [0.3, 0.4) is 0 Å². The van der Waals surface area contributed by atoms with E-state index in [1.165, 1.54) is 22.2 Å². The first kappa shape index (κ1) is 21.6. The van der Waals surface area contributed by atoms with Crippen molar-refractivity contribution >= 4 is 44.3 Å². The predicted molar refractivity (Wildman–Crippen MR) is 128 cm³/mol. The smallest absolute Gasteiger partial charge is 0.273 e. The van der Waals surface area contributed by atoms with Gasteiger partial charge in [0.25, 0.3) is 5.56 Å². The minimum Gasteiger partial charge on any atom is -0.353 e. The van der Waals surface area contributed by atoms with Crippen LogP contribution in [0.1, 0.15) is 31.2 Å². The van der Waals surface area contributed by atoms with Crippen LogP contribution in [0.5, 0.6) is 0 Å². The Morgan fingerprint density at radius 3 is 2.73 bits per heavy atom. The number of amides is 2. The zero-order chi connectivity index (χ0) is 22.9. The third-order valence-electron chi connectivity index (χ3n) is 6.01. The van der Waals surface area contributed by atoms with Gasteiger partial charge in [-0.3, -0.25) is 19.0 Å². The second-order valence-electron chi connectivity index (χ2n) is 8.81. The lowest BCUT2D eigenvalue weighted by Crippen LogP contribution is -2.43. The maximum atomic E-state index is 13.0. The fourth-order valence-corrected chi connectivity index (χ4v) is 4.99. The van der Waals surface area contributed by atoms with Gasteiger partial charge in [0.1, 0.15) is 17.6 Å². The molecule has 172 valence electrons. The van der Waals surface area contributed by atoms with Crippen LogP contribution in [0, 0.1) is 12.8 Å². The molecular weight excluding hydrogens is 440 g/mol. The Balaban J connectivity index is 1.29. The van der Waals surface area contributed by atoms with Crippen LogP contribution in [0.25, 0.3) is 10.3 Å². The molecule has 1 aliphatic heterocycles. The highest BCUT2D eigenvalue weighted by Crippen LogP contribution is 2.30. The Hall–Kier alpha value is -3.27. The first-order valence-electron chi connectivity index (χ1n) is 11.2. The largest absolute Gasteiger partial charge is 0.353 e. The third-order valence-corrected chi connectivity index (χ3v) is 7.10. The van der Waals surface area contributed by atoms with Crippen molar-refractivity contribution in [1.82, 2.24) is 19.9 Å². The van der Waals surface area contributed by atoms with Crippen LogP contribution < -0.4 is 21.1 Å². The molecule has 10 heteroatoms. The molecule has 1 saturated heterocycles. The topological polar surface area (TPSA) is 109 Å². The number of rotatable bonds is 6. The third kappa shape index (κ3) is 4.90. The molecule has 2 aromatic heterocycles. The van der Waals surface area contributed by atoms with Gasteiger partial charge >= 0.3 is 0 Å². The van der Waals surface area contributed by atoms with Gasteiger partial charge in [0, 0.05) is 24.8 Å². The van der Waals surface area contributed by atoms with Crippen molar-refractivity contribution in [2.45, 2.75) is 45.2 Å². The van der Waals surface area contributed by atoms with Gasteiger partial charge in [-0.05, 0) is 44.7 Å². The van der Waals surface area contributed by atoms with Crippen LogP contribution in [0.2, 0.25) is 0 Å². The molecule has 2 fully saturated rings. The average Bonchev–Trinajstić information content (AvgIpc) is 3.51. The maximum absolute atomic E-state index is 13.0. The molecule has 2 N–H and O–H groups in total. The molecule has 3 heterocycles. The molecule has 2 aliphatic rings. The zero-order valence-electron chi connectivity index (χ0n) is 18.4. The molecule has 0 spiro atoms. The van der Waals surface area contributed by atoms with E-state index in [4.69, 9.17) is 0 Å². The van der Waals surface area contributed by atoms with Crippen molar-refractivity contribution < 1.29 is 9.59 Å². The van der Waals surface area contributed by atoms with Crippen molar-refractivity contribution in [3.8, 4) is 0 Å². The lowest BCUT2D eigenvalue weighted by atomic mass is 9.97. The fourth-order valence-electron chi connectivity index (χ4n) is 3.99. The van der Waals surface area contributed by atoms with Crippen LogP contribution in [-0.2, 0) is 16.1 Å². The Morgan fingerprint density at radius 2 is 1.97 bits per heavy atom. The summed E-state index contributed by atoms with van der Waals surface area (Å²) < 4.78 is 1.72. The Kier molecular flexibility index (Phi) is 5.84. The number of carbonyl (C=O) groups excluding carboxylic acids is 2. The molecule has 1 saturated carbocycles. The van der Waals surface area contributed by atoms with Crippen LogP contribution >= 0.6 is 11.3 Å². The number of fused-ring (bicyclic) bond motifs is 1. The summed E-state index contributed by atoms with van der Waals surface area (Å²) in [5.41, 5.74) is 1.86. The molecule has 33 heavy (non-hydrogen) atoms. The highest BCUT2D eigenvalue weighted by atomic mass is 32.1. The standard InChI is InChI=1S/C23H26N6O3S/c1-14-4-6-16(7-5-14)25-18(30)12-29-13-24-20-19(22(29)32)33-23(27-20)28-10-2-3-15(11-28)21(31)26-17-8-9-17/h4-7,13,15,17H,2-3,8-12H2,1H3,(H,25,30)(H,26,31). The first-order chi connectivity index (χ1) is 16.0. The van der Waals surface area contributed by atoms with E-state index < -0.39 is 0 Å². The second-order valence-corrected chi connectivity index (χ2v) is 9.79. The minimum atomic E-state index is -0.299. The highest BCUT2D eigenvalue weighted by molar-refractivity contribution is 7.22. The summed E-state index contributed by atoms with van der Waals surface area (Å²) in [7, 11) is 0. The number of piperidine rings is 1. The van der Waals surface area contributed by atoms with Gasteiger partial charge in [0.05, 0.1) is 5.92 Å². The number of anilines is 2. The number of thiazole rings is 1. The summed E-state index contributed by atoms with van der Waals surface area (Å²) in [6.45, 7) is 3.23. The summed E-state index contributed by atoms with van der Waals surface area (Å²) in [6, 6.07) is 7.82. The van der Waals surface area contributed by atoms with Crippen LogP contribution in [0.15, 0.2) is 35.4 Å². The summed E-state index contributed by atoms with van der Waals surface area (Å²) >= 11 is 1.27. The number of benzene rings is 1. The van der Waals surface area contributed by atoms with Crippen molar-refractivity contribution in [1.29, 1.82) is 0 Å². The number of hydrogen-bond donors (Lipinski definition) is 2. The molecule has 1 unspecified atom stereocenters. The number of carbonyl (C=O) groups is 2. The van der Waals surface area contributed by atoms with Crippen molar-refractivity contribution in [2.75, 3.05) is 23.3 Å². The molecule has 0 radical (unpaired) electrons. The van der Waals surface area contributed by atoms with Crippen LogP contribution in [-0.4, -0.2) is 45.5 Å². The normalized spacial score (nSPS) is 18.3. The highest BCUT2D eigenvalue weighted by Gasteiger charge is 2.31. The molecule has 1 aliphatic carbocycles. The lowest BCUT2D eigenvalue weighted by Gasteiger charge is -2.31. The van der Waals surface area contributed by atoms with Gasteiger partial charge in [0.15, 0.2) is 10.8 Å². The van der Waals surface area contributed by atoms with Gasteiger partial charge in [-0.15, -0.1) is 0 Å². The lowest BCUT2D eigenvalue weighted by molar-refractivity contribution is -0.125. The number of aromatic nitrogens is 3. The quantitative estimate of drug-likeness (QED) is 0.577. The minimum absolute atomic E-state index is 0.0681. The van der Waals surface area contributed by atoms with Gasteiger partial charge in [0.2, 0.25) is 11.8 Å². The summed E-state index contributed by atoms with van der Waals surface area (Å²) in [4.78, 5) is 48.8. The Labute approximate surface area is 194 Å². The number of nitrogens with zero attached hydrogens (tertiary/aromatic N) is 4. The van der Waals surface area contributed by atoms with E-state index in [9.17, 15) is 14.4 Å². The number of hydrogen-bond acceptors (Lipinski definition) is 7. The van der Waals surface area contributed by atoms with E-state index >= 15 is 0 Å². The van der Waals surface area contributed by atoms with E-state index in [0.717, 1.165) is 37.8 Å². The average molecular weight is 467 g/mol. The first-order valence-corrected chi connectivity index (χ1v) is 12.1. The van der Waals surface area contributed by atoms with Gasteiger partial charge in [-0.1, -0.05) is 29.0 Å². The summed E-state index contributed by atoms with van der Waals surface area (Å²) in [5.74, 6) is -0.253. The molecular formula is C23H26N6O3S. The van der Waals surface area contributed by atoms with E-state index in [1.54, 1.807) is 0 Å². The molecule has 5 rings (SSSR count). The molecule has 2 amide bonds. The fraction of sp³-hybridized carbons (Fsp3) is 0.435. The molecule has 1 aromatic carbocycles. The molecule has 3 aromatic rings. The van der Waals surface area contributed by atoms with Gasteiger partial charge in [-0.25, -0.2) is 4.98 Å². The van der Waals surface area contributed by atoms with Crippen LogP contribution in [0.4, 0.5) is 10.8 Å². The summed E-state index contributed by atoms with van der Waals surface area (Å²) in [6.07, 6.45) is 5.27. The predicted octanol–water partition coefficient (Wildman–Crippen LogP) is 2.30. The zero-order valence-corrected chi connectivity index (χ0v) is 19.2. The Bertz CT molecular complexity index is 1250. The van der Waals surface area contributed by atoms with E-state index in [2.05, 4.69) is 25.5 Å². The Morgan fingerprint density at radius 1 is 1.18 bits per heavy atom. The van der Waals surface area contributed by atoms with E-state index in [-0.39, 0.29) is 29.8 Å². The molecule has 1 atom stereocenters. The monoisotopic (exact) mass is 466 g/mol. The number of nitrogens with one attached hydrogen (secondary N) is 2. The van der Waals surface area contributed by atoms with E-state index in [0.29, 0.717) is 33.8 Å². The summed E-state index contributed by atoms with van der Waals surface area (Å²) in [5, 5.41) is 6.58. The second kappa shape index (κ2) is 8.93. The van der Waals surface area contributed by atoms with Crippen molar-refractivity contribution in [3.63, 3.8) is 0 Å². The van der Waals surface area contributed by atoms with Crippen molar-refractivity contribution in [2.24, 2.45) is 5.92 Å². The molecule has 9 nitrogen and oxygen atoms in total.